The van der Waals surface area contributed by atoms with Crippen molar-refractivity contribution in [3.63, 3.8) is 0 Å². The molecular formula is C15H20N2O6. The highest BCUT2D eigenvalue weighted by Crippen LogP contribution is 2.25. The highest BCUT2D eigenvalue weighted by Gasteiger charge is 2.23. The van der Waals surface area contributed by atoms with E-state index in [0.717, 1.165) is 0 Å². The van der Waals surface area contributed by atoms with Gasteiger partial charge in [-0.25, -0.2) is 4.79 Å². The van der Waals surface area contributed by atoms with Gasteiger partial charge in [0.25, 0.3) is 5.69 Å². The minimum atomic E-state index is -1.21. The molecule has 1 atom stereocenters. The molecule has 23 heavy (non-hydrogen) atoms. The Morgan fingerprint density at radius 3 is 2.52 bits per heavy atom. The van der Waals surface area contributed by atoms with Crippen LogP contribution in [0.1, 0.15) is 25.8 Å². The quantitative estimate of drug-likeness (QED) is 0.555. The van der Waals surface area contributed by atoms with Gasteiger partial charge in [-0.3, -0.25) is 14.9 Å². The number of carbonyl (C=O) groups is 2. The molecule has 0 unspecified atom stereocenters. The second kappa shape index (κ2) is 8.11. The van der Waals surface area contributed by atoms with Crippen LogP contribution in [-0.4, -0.2) is 35.1 Å². The van der Waals surface area contributed by atoms with Gasteiger partial charge in [0.05, 0.1) is 12.0 Å². The number of non-ortho nitro benzene ring substituents is 1. The van der Waals surface area contributed by atoms with Crippen LogP contribution in [0.15, 0.2) is 18.2 Å². The standard InChI is InChI=1S/C15H20N2O6/c1-9(2)6-14(18)16-12(15(19)20)8-10-7-11(17(21)22)4-5-13(10)23-3/h4-5,7,9,12H,6,8H2,1-3H3,(H,16,18)(H,19,20)/t12-/m0/s1. The lowest BCUT2D eigenvalue weighted by molar-refractivity contribution is -0.384. The summed E-state index contributed by atoms with van der Waals surface area (Å²) in [6.45, 7) is 3.69. The molecule has 0 radical (unpaired) electrons. The molecule has 0 saturated heterocycles. The Morgan fingerprint density at radius 1 is 1.39 bits per heavy atom. The summed E-state index contributed by atoms with van der Waals surface area (Å²) in [5, 5.41) is 22.6. The van der Waals surface area contributed by atoms with Crippen LogP contribution in [0.4, 0.5) is 5.69 Å². The molecule has 0 aliphatic heterocycles. The van der Waals surface area contributed by atoms with Gasteiger partial charge in [-0.05, 0) is 12.0 Å². The maximum atomic E-state index is 11.8. The van der Waals surface area contributed by atoms with E-state index in [2.05, 4.69) is 5.32 Å². The summed E-state index contributed by atoms with van der Waals surface area (Å²) in [6.07, 6.45) is 0.0971. The van der Waals surface area contributed by atoms with Crippen molar-refractivity contribution in [1.29, 1.82) is 0 Å². The van der Waals surface area contributed by atoms with E-state index in [9.17, 15) is 24.8 Å². The van der Waals surface area contributed by atoms with Crippen molar-refractivity contribution in [2.45, 2.75) is 32.7 Å². The molecule has 8 nitrogen and oxygen atoms in total. The fourth-order valence-corrected chi connectivity index (χ4v) is 2.08. The van der Waals surface area contributed by atoms with Crippen molar-refractivity contribution >= 4 is 17.6 Å². The number of ether oxygens (including phenoxy) is 1. The Hall–Kier alpha value is -2.64. The number of hydrogen-bond donors (Lipinski definition) is 2. The Balaban J connectivity index is 2.99. The fraction of sp³-hybridized carbons (Fsp3) is 0.467. The van der Waals surface area contributed by atoms with Crippen molar-refractivity contribution in [3.8, 4) is 5.75 Å². The third kappa shape index (κ3) is 5.57. The van der Waals surface area contributed by atoms with Gasteiger partial charge in [-0.15, -0.1) is 0 Å². The van der Waals surface area contributed by atoms with Crippen LogP contribution >= 0.6 is 0 Å². The topological polar surface area (TPSA) is 119 Å². The van der Waals surface area contributed by atoms with Crippen LogP contribution in [0, 0.1) is 16.0 Å². The summed E-state index contributed by atoms with van der Waals surface area (Å²) in [6, 6.07) is 2.75. The summed E-state index contributed by atoms with van der Waals surface area (Å²) in [4.78, 5) is 33.4. The van der Waals surface area contributed by atoms with E-state index < -0.39 is 16.9 Å². The van der Waals surface area contributed by atoms with Gasteiger partial charge in [-0.1, -0.05) is 13.8 Å². The maximum absolute atomic E-state index is 11.8. The molecule has 126 valence electrons. The zero-order valence-corrected chi connectivity index (χ0v) is 13.2. The van der Waals surface area contributed by atoms with Gasteiger partial charge < -0.3 is 15.2 Å². The van der Waals surface area contributed by atoms with E-state index >= 15 is 0 Å². The van der Waals surface area contributed by atoms with Crippen molar-refractivity contribution in [3.05, 3.63) is 33.9 Å². The molecule has 0 heterocycles. The number of carbonyl (C=O) groups excluding carboxylic acids is 1. The molecule has 0 aliphatic carbocycles. The average Bonchev–Trinajstić information content (AvgIpc) is 2.45. The van der Waals surface area contributed by atoms with Crippen molar-refractivity contribution < 1.29 is 24.4 Å². The van der Waals surface area contributed by atoms with E-state index in [-0.39, 0.29) is 30.4 Å². The number of aliphatic carboxylic acids is 1. The van der Waals surface area contributed by atoms with Crippen LogP contribution in [0.2, 0.25) is 0 Å². The average molecular weight is 324 g/mol. The van der Waals surface area contributed by atoms with Gasteiger partial charge in [0.15, 0.2) is 0 Å². The zero-order chi connectivity index (χ0) is 17.6. The Labute approximate surface area is 133 Å². The SMILES string of the molecule is COc1ccc([N+](=O)[O-])cc1C[C@H](NC(=O)CC(C)C)C(=O)O. The first-order valence-corrected chi connectivity index (χ1v) is 7.08. The molecule has 8 heteroatoms. The number of benzene rings is 1. The van der Waals surface area contributed by atoms with E-state index in [1.165, 1.54) is 25.3 Å². The predicted octanol–water partition coefficient (Wildman–Crippen LogP) is 1.76. The third-order valence-corrected chi connectivity index (χ3v) is 3.13. The lowest BCUT2D eigenvalue weighted by Gasteiger charge is -2.17. The number of nitro groups is 1. The van der Waals surface area contributed by atoms with Gasteiger partial charge in [0.2, 0.25) is 5.91 Å². The van der Waals surface area contributed by atoms with E-state index in [1.54, 1.807) is 0 Å². The minimum Gasteiger partial charge on any atom is -0.496 e. The van der Waals surface area contributed by atoms with Gasteiger partial charge in [0.1, 0.15) is 11.8 Å². The molecule has 2 N–H and O–H groups in total. The summed E-state index contributed by atoms with van der Waals surface area (Å²) < 4.78 is 5.10. The lowest BCUT2D eigenvalue weighted by Crippen LogP contribution is -2.42. The third-order valence-electron chi connectivity index (χ3n) is 3.13. The number of methoxy groups -OCH3 is 1. The van der Waals surface area contributed by atoms with Crippen LogP contribution in [0.25, 0.3) is 0 Å². The van der Waals surface area contributed by atoms with Crippen LogP contribution < -0.4 is 10.1 Å². The molecule has 1 amide bonds. The van der Waals surface area contributed by atoms with E-state index in [4.69, 9.17) is 4.74 Å². The Morgan fingerprint density at radius 2 is 2.04 bits per heavy atom. The first-order valence-electron chi connectivity index (χ1n) is 7.08. The number of nitro benzene ring substituents is 1. The molecule has 0 fully saturated rings. The summed E-state index contributed by atoms with van der Waals surface area (Å²) in [5.74, 6) is -1.16. The molecule has 0 spiro atoms. The largest absolute Gasteiger partial charge is 0.496 e. The molecule has 1 aromatic rings. The highest BCUT2D eigenvalue weighted by atomic mass is 16.6. The van der Waals surface area contributed by atoms with Crippen LogP contribution in [0.3, 0.4) is 0 Å². The molecule has 1 rings (SSSR count). The second-order valence-corrected chi connectivity index (χ2v) is 5.51. The molecule has 1 aromatic carbocycles. The number of hydrogen-bond acceptors (Lipinski definition) is 5. The number of nitrogens with one attached hydrogen (secondary N) is 1. The van der Waals surface area contributed by atoms with Crippen molar-refractivity contribution in [1.82, 2.24) is 5.32 Å². The van der Waals surface area contributed by atoms with Crippen LogP contribution in [0.5, 0.6) is 5.75 Å². The number of carboxylic acid groups (broad SMARTS) is 1. The summed E-state index contributed by atoms with van der Waals surface area (Å²) in [5.41, 5.74) is 0.178. The first kappa shape index (κ1) is 18.4. The normalized spacial score (nSPS) is 11.8. The van der Waals surface area contributed by atoms with Crippen molar-refractivity contribution in [2.24, 2.45) is 5.92 Å². The van der Waals surface area contributed by atoms with E-state index in [0.29, 0.717) is 11.3 Å². The smallest absolute Gasteiger partial charge is 0.326 e. The molecule has 0 aromatic heterocycles. The van der Waals surface area contributed by atoms with Gasteiger partial charge in [-0.2, -0.15) is 0 Å². The van der Waals surface area contributed by atoms with Gasteiger partial charge in [0, 0.05) is 30.5 Å². The fourth-order valence-electron chi connectivity index (χ4n) is 2.08. The molecule has 0 aliphatic rings. The molecule has 0 bridgehead atoms. The van der Waals surface area contributed by atoms with E-state index in [1.807, 2.05) is 13.8 Å². The summed E-state index contributed by atoms with van der Waals surface area (Å²) >= 11 is 0. The predicted molar refractivity (Wildman–Crippen MR) is 82.4 cm³/mol. The minimum absolute atomic E-state index is 0.0943. The van der Waals surface area contributed by atoms with Gasteiger partial charge >= 0.3 is 5.97 Å². The zero-order valence-electron chi connectivity index (χ0n) is 13.2. The molecule has 0 saturated carbocycles. The van der Waals surface area contributed by atoms with Crippen LogP contribution in [-0.2, 0) is 16.0 Å². The first-order chi connectivity index (χ1) is 10.7. The Bertz CT molecular complexity index is 600. The Kier molecular flexibility index (Phi) is 6.49. The number of rotatable bonds is 8. The number of carboxylic acids is 1. The monoisotopic (exact) mass is 324 g/mol. The number of nitrogens with zero attached hydrogens (tertiary/aromatic N) is 1. The van der Waals surface area contributed by atoms with Crippen molar-refractivity contribution in [2.75, 3.05) is 7.11 Å². The highest BCUT2D eigenvalue weighted by molar-refractivity contribution is 5.83. The summed E-state index contributed by atoms with van der Waals surface area (Å²) in [7, 11) is 1.39. The number of amides is 1. The lowest BCUT2D eigenvalue weighted by atomic mass is 10.0. The maximum Gasteiger partial charge on any atom is 0.326 e. The second-order valence-electron chi connectivity index (χ2n) is 5.51. The molecular weight excluding hydrogens is 304 g/mol.